The molecule has 33 heavy (non-hydrogen) atoms. The van der Waals surface area contributed by atoms with Crippen molar-refractivity contribution in [2.45, 2.75) is 41.5 Å². The Kier molecular flexibility index (Phi) is 5.93. The molecule has 4 rings (SSSR count). The van der Waals surface area contributed by atoms with Crippen molar-refractivity contribution in [3.63, 3.8) is 0 Å². The van der Waals surface area contributed by atoms with Gasteiger partial charge in [-0.1, -0.05) is 20.8 Å². The van der Waals surface area contributed by atoms with Gasteiger partial charge in [0.1, 0.15) is 11.3 Å². The normalized spacial score (nSPS) is 11.6. The highest BCUT2D eigenvalue weighted by molar-refractivity contribution is 5.89. The van der Waals surface area contributed by atoms with Crippen molar-refractivity contribution in [3.8, 4) is 17.1 Å². The minimum atomic E-state index is 0.112. The van der Waals surface area contributed by atoms with Gasteiger partial charge < -0.3 is 19.8 Å². The molecule has 2 N–H and O–H groups in total. The Labute approximate surface area is 193 Å². The Morgan fingerprint density at radius 1 is 1.03 bits per heavy atom. The zero-order chi connectivity index (χ0) is 23.8. The van der Waals surface area contributed by atoms with E-state index in [-0.39, 0.29) is 5.41 Å². The molecule has 3 aromatic heterocycles. The highest BCUT2D eigenvalue weighted by Crippen LogP contribution is 2.34. The van der Waals surface area contributed by atoms with Gasteiger partial charge in [-0.2, -0.15) is 0 Å². The SMILES string of the molecule is COc1cc(-c2oc(C)nc2C)ccc1Nc1ncc2cc(C)nc(NCC(C)(C)C)c2n1. The van der Waals surface area contributed by atoms with Crippen molar-refractivity contribution >= 4 is 28.4 Å². The second-order valence-electron chi connectivity index (χ2n) is 9.35. The number of nitrogens with one attached hydrogen (secondary N) is 2. The van der Waals surface area contributed by atoms with Crippen molar-refractivity contribution in [2.75, 3.05) is 24.3 Å². The number of rotatable bonds is 6. The Morgan fingerprint density at radius 3 is 2.48 bits per heavy atom. The predicted octanol–water partition coefficient (Wildman–Crippen LogP) is 5.82. The number of nitrogens with zero attached hydrogens (tertiary/aromatic N) is 4. The number of oxazole rings is 1. The molecule has 0 saturated heterocycles. The molecule has 0 aliphatic rings. The lowest BCUT2D eigenvalue weighted by atomic mass is 9.97. The Hall–Kier alpha value is -3.68. The van der Waals surface area contributed by atoms with Gasteiger partial charge in [0.05, 0.1) is 18.5 Å². The average molecular weight is 447 g/mol. The molecular formula is C25H30N6O2. The third kappa shape index (κ3) is 5.05. The van der Waals surface area contributed by atoms with E-state index in [1.165, 1.54) is 0 Å². The van der Waals surface area contributed by atoms with E-state index in [1.807, 2.05) is 51.2 Å². The fourth-order valence-electron chi connectivity index (χ4n) is 3.56. The van der Waals surface area contributed by atoms with E-state index in [2.05, 4.69) is 46.4 Å². The average Bonchev–Trinajstić information content (AvgIpc) is 3.09. The zero-order valence-corrected chi connectivity index (χ0v) is 20.2. The first kappa shape index (κ1) is 22.5. The van der Waals surface area contributed by atoms with Crippen molar-refractivity contribution in [1.82, 2.24) is 19.9 Å². The number of aromatic nitrogens is 4. The lowest BCUT2D eigenvalue weighted by molar-refractivity contribution is 0.416. The van der Waals surface area contributed by atoms with E-state index in [1.54, 1.807) is 7.11 Å². The number of anilines is 3. The van der Waals surface area contributed by atoms with Gasteiger partial charge in [-0.25, -0.2) is 19.9 Å². The quantitative estimate of drug-likeness (QED) is 0.383. The molecule has 8 nitrogen and oxygen atoms in total. The molecule has 0 unspecified atom stereocenters. The maximum atomic E-state index is 5.75. The molecule has 0 saturated carbocycles. The van der Waals surface area contributed by atoms with E-state index in [9.17, 15) is 0 Å². The maximum Gasteiger partial charge on any atom is 0.227 e. The minimum absolute atomic E-state index is 0.112. The van der Waals surface area contributed by atoms with E-state index < -0.39 is 0 Å². The van der Waals surface area contributed by atoms with Gasteiger partial charge in [-0.15, -0.1) is 0 Å². The number of ether oxygens (including phenoxy) is 1. The van der Waals surface area contributed by atoms with Crippen LogP contribution in [0.2, 0.25) is 0 Å². The second kappa shape index (κ2) is 8.69. The lowest BCUT2D eigenvalue weighted by Gasteiger charge is -2.20. The van der Waals surface area contributed by atoms with E-state index in [0.717, 1.165) is 51.7 Å². The molecule has 0 bridgehead atoms. The number of methoxy groups -OCH3 is 1. The highest BCUT2D eigenvalue weighted by Gasteiger charge is 2.16. The van der Waals surface area contributed by atoms with Crippen LogP contribution in [0, 0.1) is 26.2 Å². The molecule has 1 aromatic carbocycles. The van der Waals surface area contributed by atoms with Gasteiger partial charge in [-0.05, 0) is 43.5 Å². The lowest BCUT2D eigenvalue weighted by Crippen LogP contribution is -2.20. The second-order valence-corrected chi connectivity index (χ2v) is 9.35. The first-order valence-corrected chi connectivity index (χ1v) is 10.9. The summed E-state index contributed by atoms with van der Waals surface area (Å²) < 4.78 is 11.4. The number of aryl methyl sites for hydroxylation is 3. The molecule has 0 radical (unpaired) electrons. The van der Waals surface area contributed by atoms with Crippen LogP contribution < -0.4 is 15.4 Å². The largest absolute Gasteiger partial charge is 0.495 e. The number of pyridine rings is 1. The fraction of sp³-hybridized carbons (Fsp3) is 0.360. The van der Waals surface area contributed by atoms with Crippen LogP contribution in [0.15, 0.2) is 34.9 Å². The predicted molar refractivity (Wildman–Crippen MR) is 131 cm³/mol. The monoisotopic (exact) mass is 446 g/mol. The van der Waals surface area contributed by atoms with E-state index in [0.29, 0.717) is 17.6 Å². The Balaban J connectivity index is 1.67. The summed E-state index contributed by atoms with van der Waals surface area (Å²) in [5.41, 5.74) is 4.28. The zero-order valence-electron chi connectivity index (χ0n) is 20.2. The van der Waals surface area contributed by atoms with Crippen LogP contribution in [0.25, 0.3) is 22.2 Å². The molecule has 0 aliphatic heterocycles. The number of benzene rings is 1. The summed E-state index contributed by atoms with van der Waals surface area (Å²) in [7, 11) is 1.63. The fourth-order valence-corrected chi connectivity index (χ4v) is 3.56. The molecule has 4 aromatic rings. The summed E-state index contributed by atoms with van der Waals surface area (Å²) in [6.45, 7) is 13.0. The third-order valence-corrected chi connectivity index (χ3v) is 5.09. The molecule has 0 spiro atoms. The molecule has 3 heterocycles. The summed E-state index contributed by atoms with van der Waals surface area (Å²) in [5, 5.41) is 7.66. The molecular weight excluding hydrogens is 416 g/mol. The van der Waals surface area contributed by atoms with Gasteiger partial charge in [0.25, 0.3) is 0 Å². The summed E-state index contributed by atoms with van der Waals surface area (Å²) in [6.07, 6.45) is 1.81. The minimum Gasteiger partial charge on any atom is -0.495 e. The van der Waals surface area contributed by atoms with Gasteiger partial charge in [-0.3, -0.25) is 0 Å². The van der Waals surface area contributed by atoms with Gasteiger partial charge >= 0.3 is 0 Å². The molecule has 0 atom stereocenters. The Morgan fingerprint density at radius 2 is 1.82 bits per heavy atom. The van der Waals surface area contributed by atoms with Crippen LogP contribution in [0.4, 0.5) is 17.5 Å². The first-order chi connectivity index (χ1) is 15.6. The highest BCUT2D eigenvalue weighted by atomic mass is 16.5. The van der Waals surface area contributed by atoms with Crippen molar-refractivity contribution < 1.29 is 9.15 Å². The van der Waals surface area contributed by atoms with Crippen molar-refractivity contribution in [3.05, 3.63) is 47.7 Å². The standard InChI is InChI=1S/C25H30N6O2/c1-14-10-18-12-26-24(31-21(18)23(28-14)27-13-25(4,5)6)30-19-9-8-17(11-20(19)32-7)22-15(2)29-16(3)33-22/h8-12H,13H2,1-7H3,(H,27,28)(H,26,30,31). The van der Waals surface area contributed by atoms with Gasteiger partial charge in [0.2, 0.25) is 5.95 Å². The smallest absolute Gasteiger partial charge is 0.227 e. The molecule has 0 aliphatic carbocycles. The number of hydrogen-bond donors (Lipinski definition) is 2. The topological polar surface area (TPSA) is 98.0 Å². The van der Waals surface area contributed by atoms with Crippen LogP contribution in [-0.2, 0) is 0 Å². The summed E-state index contributed by atoms with van der Waals surface area (Å²) >= 11 is 0. The van der Waals surface area contributed by atoms with Crippen LogP contribution in [0.3, 0.4) is 0 Å². The van der Waals surface area contributed by atoms with Gasteiger partial charge in [0, 0.05) is 36.3 Å². The molecule has 0 amide bonds. The summed E-state index contributed by atoms with van der Waals surface area (Å²) in [6, 6.07) is 7.78. The number of hydrogen-bond acceptors (Lipinski definition) is 8. The first-order valence-electron chi connectivity index (χ1n) is 10.9. The number of fused-ring (bicyclic) bond motifs is 1. The van der Waals surface area contributed by atoms with Crippen LogP contribution in [0.1, 0.15) is 38.0 Å². The molecule has 172 valence electrons. The van der Waals surface area contributed by atoms with E-state index >= 15 is 0 Å². The van der Waals surface area contributed by atoms with Crippen LogP contribution in [-0.4, -0.2) is 33.6 Å². The maximum absolute atomic E-state index is 5.75. The molecule has 8 heteroatoms. The van der Waals surface area contributed by atoms with Crippen molar-refractivity contribution in [1.29, 1.82) is 0 Å². The summed E-state index contributed by atoms with van der Waals surface area (Å²) in [5.74, 6) is 3.23. The third-order valence-electron chi connectivity index (χ3n) is 5.09. The van der Waals surface area contributed by atoms with Crippen LogP contribution in [0.5, 0.6) is 5.75 Å². The molecule has 0 fully saturated rings. The van der Waals surface area contributed by atoms with E-state index in [4.69, 9.17) is 14.1 Å². The summed E-state index contributed by atoms with van der Waals surface area (Å²) in [4.78, 5) is 18.3. The Bertz CT molecular complexity index is 1310. The van der Waals surface area contributed by atoms with Gasteiger partial charge in [0.15, 0.2) is 17.5 Å². The van der Waals surface area contributed by atoms with Crippen LogP contribution >= 0.6 is 0 Å². The van der Waals surface area contributed by atoms with Crippen molar-refractivity contribution in [2.24, 2.45) is 5.41 Å².